The van der Waals surface area contributed by atoms with Gasteiger partial charge >= 0.3 is 0 Å². The fourth-order valence-corrected chi connectivity index (χ4v) is 2.76. The Morgan fingerprint density at radius 1 is 1.56 bits per heavy atom. The lowest BCUT2D eigenvalue weighted by molar-refractivity contribution is -0.0161. The number of pyridine rings is 1. The minimum Gasteiger partial charge on any atom is -0.376 e. The van der Waals surface area contributed by atoms with E-state index in [9.17, 15) is 9.59 Å². The van der Waals surface area contributed by atoms with E-state index >= 15 is 0 Å². The average Bonchev–Trinajstić information content (AvgIpc) is 2.81. The minimum atomic E-state index is -0.397. The number of carbonyl (C=O) groups excluding carboxylic acids is 1. The van der Waals surface area contributed by atoms with Gasteiger partial charge < -0.3 is 20.8 Å². The fraction of sp³-hybridized carbons (Fsp3) is 0.500. The Hall–Kier alpha value is -1.66. The maximum absolute atomic E-state index is 12.0. The van der Waals surface area contributed by atoms with Crippen molar-refractivity contribution in [2.24, 2.45) is 11.7 Å². The first-order valence-corrected chi connectivity index (χ1v) is 6.04. The van der Waals surface area contributed by atoms with E-state index in [1.807, 2.05) is 0 Å². The van der Waals surface area contributed by atoms with Gasteiger partial charge in [0.25, 0.3) is 11.5 Å². The smallest absolute Gasteiger partial charge is 0.260 e. The molecule has 0 radical (unpaired) electrons. The molecular formula is C12H15N3O3. The summed E-state index contributed by atoms with van der Waals surface area (Å²) in [5.41, 5.74) is 5.70. The molecule has 1 aromatic rings. The zero-order valence-corrected chi connectivity index (χ0v) is 9.76. The van der Waals surface area contributed by atoms with Gasteiger partial charge in [-0.15, -0.1) is 0 Å². The number of nitrogens with one attached hydrogen (secondary N) is 2. The van der Waals surface area contributed by atoms with E-state index in [1.54, 1.807) is 6.07 Å². The molecule has 2 aliphatic rings. The zero-order valence-electron chi connectivity index (χ0n) is 9.76. The number of aromatic amines is 1. The molecule has 0 spiro atoms. The largest absolute Gasteiger partial charge is 0.376 e. The van der Waals surface area contributed by atoms with Gasteiger partial charge in [0, 0.05) is 24.8 Å². The van der Waals surface area contributed by atoms with E-state index in [0.29, 0.717) is 12.5 Å². The number of rotatable bonds is 2. The monoisotopic (exact) mass is 249 g/mol. The molecule has 96 valence electrons. The van der Waals surface area contributed by atoms with Gasteiger partial charge in [0.05, 0.1) is 12.1 Å². The quantitative estimate of drug-likeness (QED) is 0.640. The Morgan fingerprint density at radius 3 is 3.17 bits per heavy atom. The van der Waals surface area contributed by atoms with Crippen LogP contribution in [0.15, 0.2) is 23.1 Å². The molecule has 0 bridgehead atoms. The van der Waals surface area contributed by atoms with E-state index in [2.05, 4.69) is 10.3 Å². The second-order valence-corrected chi connectivity index (χ2v) is 4.78. The van der Waals surface area contributed by atoms with Gasteiger partial charge in [-0.3, -0.25) is 9.59 Å². The van der Waals surface area contributed by atoms with Crippen LogP contribution in [0, 0.1) is 5.92 Å². The summed E-state index contributed by atoms with van der Waals surface area (Å²) in [7, 11) is 0. The number of ether oxygens (including phenoxy) is 1. The molecule has 4 atom stereocenters. The number of carbonyl (C=O) groups is 1. The van der Waals surface area contributed by atoms with Crippen molar-refractivity contribution in [1.29, 1.82) is 0 Å². The molecule has 1 aromatic heterocycles. The van der Waals surface area contributed by atoms with Crippen LogP contribution in [-0.4, -0.2) is 35.7 Å². The van der Waals surface area contributed by atoms with E-state index in [4.69, 9.17) is 10.5 Å². The van der Waals surface area contributed by atoms with Gasteiger partial charge in [0.1, 0.15) is 5.56 Å². The van der Waals surface area contributed by atoms with Crippen LogP contribution < -0.4 is 16.6 Å². The first-order chi connectivity index (χ1) is 8.68. The summed E-state index contributed by atoms with van der Waals surface area (Å²) in [6.07, 6.45) is 2.45. The third-order valence-corrected chi connectivity index (χ3v) is 3.81. The Balaban J connectivity index is 1.72. The Bertz CT molecular complexity index is 527. The summed E-state index contributed by atoms with van der Waals surface area (Å²) in [5.74, 6) is -0.0596. The Kier molecular flexibility index (Phi) is 2.68. The fourth-order valence-electron chi connectivity index (χ4n) is 2.76. The van der Waals surface area contributed by atoms with Crippen molar-refractivity contribution in [2.75, 3.05) is 6.61 Å². The van der Waals surface area contributed by atoms with Crippen LogP contribution >= 0.6 is 0 Å². The molecule has 0 aromatic carbocycles. The van der Waals surface area contributed by atoms with Gasteiger partial charge in [-0.1, -0.05) is 0 Å². The van der Waals surface area contributed by atoms with Crippen molar-refractivity contribution in [3.63, 3.8) is 0 Å². The number of nitrogens with two attached hydrogens (primary N) is 1. The third kappa shape index (κ3) is 1.65. The highest BCUT2D eigenvalue weighted by molar-refractivity contribution is 5.94. The summed E-state index contributed by atoms with van der Waals surface area (Å²) < 4.78 is 5.52. The van der Waals surface area contributed by atoms with Gasteiger partial charge in [-0.2, -0.15) is 0 Å². The molecule has 2 heterocycles. The maximum atomic E-state index is 12.0. The van der Waals surface area contributed by atoms with E-state index in [1.165, 1.54) is 12.3 Å². The summed E-state index contributed by atoms with van der Waals surface area (Å²) >= 11 is 0. The molecule has 1 aliphatic heterocycles. The van der Waals surface area contributed by atoms with Crippen LogP contribution in [0.3, 0.4) is 0 Å². The zero-order chi connectivity index (χ0) is 12.7. The number of amides is 1. The van der Waals surface area contributed by atoms with Crippen molar-refractivity contribution < 1.29 is 9.53 Å². The van der Waals surface area contributed by atoms with Crippen LogP contribution in [0.1, 0.15) is 16.8 Å². The highest BCUT2D eigenvalue weighted by Gasteiger charge is 2.52. The van der Waals surface area contributed by atoms with Gasteiger partial charge in [0.2, 0.25) is 0 Å². The van der Waals surface area contributed by atoms with Crippen molar-refractivity contribution in [2.45, 2.75) is 24.6 Å². The van der Waals surface area contributed by atoms with Crippen LogP contribution in [0.4, 0.5) is 0 Å². The molecule has 3 rings (SSSR count). The molecule has 1 amide bonds. The van der Waals surface area contributed by atoms with Crippen molar-refractivity contribution in [1.82, 2.24) is 10.3 Å². The maximum Gasteiger partial charge on any atom is 0.260 e. The highest BCUT2D eigenvalue weighted by Crippen LogP contribution is 2.37. The Morgan fingerprint density at radius 2 is 2.39 bits per heavy atom. The lowest BCUT2D eigenvalue weighted by Crippen LogP contribution is -2.69. The van der Waals surface area contributed by atoms with E-state index in [0.717, 1.165) is 6.42 Å². The summed E-state index contributed by atoms with van der Waals surface area (Å²) in [6.45, 7) is 0.696. The lowest BCUT2D eigenvalue weighted by Gasteiger charge is -2.45. The molecule has 18 heavy (non-hydrogen) atoms. The van der Waals surface area contributed by atoms with Crippen LogP contribution in [0.5, 0.6) is 0 Å². The van der Waals surface area contributed by atoms with E-state index < -0.39 is 11.5 Å². The summed E-state index contributed by atoms with van der Waals surface area (Å²) in [6, 6.07) is 2.84. The normalized spacial score (nSPS) is 33.6. The predicted molar refractivity (Wildman–Crippen MR) is 64.1 cm³/mol. The highest BCUT2D eigenvalue weighted by atomic mass is 16.5. The molecule has 2 fully saturated rings. The summed E-state index contributed by atoms with van der Waals surface area (Å²) in [5, 5.41) is 2.79. The average molecular weight is 249 g/mol. The Labute approximate surface area is 104 Å². The molecule has 1 saturated heterocycles. The number of H-pyrrole nitrogens is 1. The van der Waals surface area contributed by atoms with Crippen LogP contribution in [-0.2, 0) is 4.74 Å². The van der Waals surface area contributed by atoms with Crippen molar-refractivity contribution >= 4 is 5.91 Å². The van der Waals surface area contributed by atoms with Crippen molar-refractivity contribution in [3.8, 4) is 0 Å². The van der Waals surface area contributed by atoms with Gasteiger partial charge in [-0.25, -0.2) is 0 Å². The predicted octanol–water partition coefficient (Wildman–Crippen LogP) is -0.781. The summed E-state index contributed by atoms with van der Waals surface area (Å²) in [4.78, 5) is 25.9. The molecule has 4 N–H and O–H groups in total. The first-order valence-electron chi connectivity index (χ1n) is 6.04. The molecule has 1 aliphatic carbocycles. The first kappa shape index (κ1) is 11.4. The lowest BCUT2D eigenvalue weighted by atomic mass is 9.72. The third-order valence-electron chi connectivity index (χ3n) is 3.81. The standard InChI is InChI=1S/C12H15N3O3/c13-8-6-3-5-18-10(6)9(8)15-12(17)7-2-1-4-14-11(7)16/h1-2,4,6,8-10H,3,5,13H2,(H,14,16)(H,15,17). The number of hydrogen-bond donors (Lipinski definition) is 3. The molecule has 1 saturated carbocycles. The van der Waals surface area contributed by atoms with Gasteiger partial charge in [0.15, 0.2) is 0 Å². The number of fused-ring (bicyclic) bond motifs is 1. The van der Waals surface area contributed by atoms with Crippen LogP contribution in [0.25, 0.3) is 0 Å². The molecular weight excluding hydrogens is 234 g/mol. The van der Waals surface area contributed by atoms with Crippen molar-refractivity contribution in [3.05, 3.63) is 34.2 Å². The second-order valence-electron chi connectivity index (χ2n) is 4.78. The second kappa shape index (κ2) is 4.22. The van der Waals surface area contributed by atoms with Gasteiger partial charge in [-0.05, 0) is 18.6 Å². The molecule has 6 heteroatoms. The molecule has 6 nitrogen and oxygen atoms in total. The minimum absolute atomic E-state index is 0.00624. The number of hydrogen-bond acceptors (Lipinski definition) is 4. The van der Waals surface area contributed by atoms with Crippen LogP contribution in [0.2, 0.25) is 0 Å². The SMILES string of the molecule is NC1C2CCOC2C1NC(=O)c1ccc[nH]c1=O. The van der Waals surface area contributed by atoms with E-state index in [-0.39, 0.29) is 23.8 Å². The number of aromatic nitrogens is 1. The topological polar surface area (TPSA) is 97.2 Å². The molecule has 4 unspecified atom stereocenters.